The number of aromatic nitrogens is 2. The second-order valence-electron chi connectivity index (χ2n) is 7.35. The first-order valence-corrected chi connectivity index (χ1v) is 9.66. The molecule has 0 spiro atoms. The zero-order valence-corrected chi connectivity index (χ0v) is 16.5. The first-order valence-electron chi connectivity index (χ1n) is 9.66. The third-order valence-corrected chi connectivity index (χ3v) is 5.41. The molecule has 0 unspecified atom stereocenters. The van der Waals surface area contributed by atoms with Crippen LogP contribution in [0.15, 0.2) is 70.0 Å². The predicted molar refractivity (Wildman–Crippen MR) is 115 cm³/mol. The third-order valence-electron chi connectivity index (χ3n) is 5.41. The number of rotatable bonds is 4. The van der Waals surface area contributed by atoms with Crippen LogP contribution in [0.3, 0.4) is 0 Å². The van der Waals surface area contributed by atoms with E-state index in [1.165, 1.54) is 16.8 Å². The molecule has 0 fully saturated rings. The topological polar surface area (TPSA) is 88.2 Å². The first-order chi connectivity index (χ1) is 15.0. The summed E-state index contributed by atoms with van der Waals surface area (Å²) in [6, 6.07) is 14.9. The molecule has 0 radical (unpaired) electrons. The van der Waals surface area contributed by atoms with E-state index in [-0.39, 0.29) is 23.4 Å². The predicted octanol–water partition coefficient (Wildman–Crippen LogP) is 4.94. The lowest BCUT2D eigenvalue weighted by atomic mass is 10.0. The van der Waals surface area contributed by atoms with Gasteiger partial charge in [-0.2, -0.15) is 0 Å². The molecule has 0 aliphatic rings. The molecule has 5 rings (SSSR count). The van der Waals surface area contributed by atoms with Crippen molar-refractivity contribution < 1.29 is 18.7 Å². The Morgan fingerprint density at radius 1 is 1.16 bits per heavy atom. The molecule has 0 atom stereocenters. The van der Waals surface area contributed by atoms with Crippen molar-refractivity contribution in [2.45, 2.75) is 13.5 Å². The molecule has 0 aliphatic heterocycles. The van der Waals surface area contributed by atoms with Crippen molar-refractivity contribution in [3.8, 4) is 11.1 Å². The van der Waals surface area contributed by atoms with Crippen LogP contribution in [0.5, 0.6) is 0 Å². The van der Waals surface area contributed by atoms with E-state index >= 15 is 0 Å². The summed E-state index contributed by atoms with van der Waals surface area (Å²) >= 11 is 0. The summed E-state index contributed by atoms with van der Waals surface area (Å²) in [6.45, 7) is 1.79. The molecule has 6 nitrogen and oxygen atoms in total. The van der Waals surface area contributed by atoms with Crippen molar-refractivity contribution >= 4 is 27.8 Å². The average molecular weight is 416 g/mol. The second kappa shape index (κ2) is 6.98. The van der Waals surface area contributed by atoms with E-state index in [4.69, 9.17) is 4.42 Å². The molecular weight excluding hydrogens is 399 g/mol. The number of aromatic carboxylic acids is 1. The number of nitrogens with zero attached hydrogens (tertiary/aromatic N) is 1. The lowest BCUT2D eigenvalue weighted by molar-refractivity contribution is 0.0687. The van der Waals surface area contributed by atoms with E-state index in [2.05, 4.69) is 4.98 Å². The number of nitrogens with one attached hydrogen (secondary N) is 1. The standard InChI is InChI=1S/C24H17FN2O4/c1-13-11-14-8-9-18-20(22(14)31-13)19(16-6-4-10-26-23(16)28)21(24(29)30)27(18)12-15-5-2-3-7-17(15)25/h2-11H,12H2,1H3,(H,26,28)(H,29,30). The van der Waals surface area contributed by atoms with Crippen molar-refractivity contribution in [2.75, 3.05) is 0 Å². The normalized spacial score (nSPS) is 11.4. The van der Waals surface area contributed by atoms with Gasteiger partial charge in [0.25, 0.3) is 5.56 Å². The van der Waals surface area contributed by atoms with Crippen LogP contribution in [0.1, 0.15) is 21.8 Å². The average Bonchev–Trinajstić information content (AvgIpc) is 3.27. The fourth-order valence-corrected chi connectivity index (χ4v) is 4.13. The van der Waals surface area contributed by atoms with Gasteiger partial charge in [-0.1, -0.05) is 18.2 Å². The number of benzene rings is 2. The number of aryl methyl sites for hydroxylation is 1. The third kappa shape index (κ3) is 2.93. The Labute approximate surface area is 175 Å². The Morgan fingerprint density at radius 3 is 2.71 bits per heavy atom. The van der Waals surface area contributed by atoms with Crippen LogP contribution in [-0.4, -0.2) is 20.6 Å². The molecule has 0 amide bonds. The molecule has 154 valence electrons. The number of H-pyrrole nitrogens is 1. The number of fused-ring (bicyclic) bond motifs is 3. The molecule has 0 bridgehead atoms. The molecule has 7 heteroatoms. The summed E-state index contributed by atoms with van der Waals surface area (Å²) in [5.41, 5.74) is 1.31. The molecule has 3 heterocycles. The highest BCUT2D eigenvalue weighted by molar-refractivity contribution is 6.17. The zero-order chi connectivity index (χ0) is 21.7. The lowest BCUT2D eigenvalue weighted by Crippen LogP contribution is -2.14. The Balaban J connectivity index is 1.96. The number of halogens is 1. The highest BCUT2D eigenvalue weighted by Gasteiger charge is 2.28. The number of carboxylic acid groups (broad SMARTS) is 1. The largest absolute Gasteiger partial charge is 0.477 e. The fourth-order valence-electron chi connectivity index (χ4n) is 4.13. The summed E-state index contributed by atoms with van der Waals surface area (Å²) in [5, 5.41) is 11.5. The molecule has 5 aromatic rings. The molecule has 0 saturated heterocycles. The molecule has 0 aliphatic carbocycles. The van der Waals surface area contributed by atoms with Crippen LogP contribution < -0.4 is 5.56 Å². The van der Waals surface area contributed by atoms with E-state index in [9.17, 15) is 19.1 Å². The van der Waals surface area contributed by atoms with Gasteiger partial charge in [-0.05, 0) is 43.3 Å². The molecule has 2 N–H and O–H groups in total. The van der Waals surface area contributed by atoms with Crippen molar-refractivity contribution in [2.24, 2.45) is 0 Å². The van der Waals surface area contributed by atoms with E-state index in [1.54, 1.807) is 43.3 Å². The highest BCUT2D eigenvalue weighted by Crippen LogP contribution is 2.39. The maximum absolute atomic E-state index is 14.4. The number of hydrogen-bond donors (Lipinski definition) is 2. The summed E-state index contributed by atoms with van der Waals surface area (Å²) < 4.78 is 21.9. The monoisotopic (exact) mass is 416 g/mol. The first kappa shape index (κ1) is 18.9. The van der Waals surface area contributed by atoms with Gasteiger partial charge in [0, 0.05) is 22.7 Å². The van der Waals surface area contributed by atoms with Gasteiger partial charge < -0.3 is 19.1 Å². The Kier molecular flexibility index (Phi) is 4.25. The van der Waals surface area contributed by atoms with E-state index in [0.29, 0.717) is 27.8 Å². The van der Waals surface area contributed by atoms with Crippen molar-refractivity contribution in [1.29, 1.82) is 0 Å². The number of carboxylic acids is 1. The maximum atomic E-state index is 14.4. The molecular formula is C24H17FN2O4. The smallest absolute Gasteiger partial charge is 0.353 e. The Bertz CT molecular complexity index is 1540. The SMILES string of the molecule is Cc1cc2ccc3c(c(-c4ccc[nH]c4=O)c(C(=O)O)n3Cc3ccccc3F)c2o1. The minimum atomic E-state index is -1.22. The minimum absolute atomic E-state index is 0.0132. The highest BCUT2D eigenvalue weighted by atomic mass is 19.1. The Hall–Kier alpha value is -4.13. The van der Waals surface area contributed by atoms with Gasteiger partial charge in [-0.3, -0.25) is 4.79 Å². The van der Waals surface area contributed by atoms with Crippen molar-refractivity contribution in [3.05, 3.63) is 94.0 Å². The number of hydrogen-bond acceptors (Lipinski definition) is 3. The minimum Gasteiger partial charge on any atom is -0.477 e. The van der Waals surface area contributed by atoms with Gasteiger partial charge in [0.2, 0.25) is 0 Å². The maximum Gasteiger partial charge on any atom is 0.353 e. The summed E-state index contributed by atoms with van der Waals surface area (Å²) in [5.74, 6) is -0.994. The lowest BCUT2D eigenvalue weighted by Gasteiger charge is -2.10. The van der Waals surface area contributed by atoms with Crippen LogP contribution in [0.4, 0.5) is 4.39 Å². The number of pyridine rings is 1. The van der Waals surface area contributed by atoms with Crippen molar-refractivity contribution in [1.82, 2.24) is 9.55 Å². The molecule has 0 saturated carbocycles. The summed E-state index contributed by atoms with van der Waals surface area (Å²) in [7, 11) is 0. The van der Waals surface area contributed by atoms with Crippen LogP contribution >= 0.6 is 0 Å². The van der Waals surface area contributed by atoms with E-state index < -0.39 is 17.3 Å². The summed E-state index contributed by atoms with van der Waals surface area (Å²) in [4.78, 5) is 27.7. The van der Waals surface area contributed by atoms with Gasteiger partial charge in [0.15, 0.2) is 0 Å². The zero-order valence-electron chi connectivity index (χ0n) is 16.5. The van der Waals surface area contributed by atoms with Gasteiger partial charge in [-0.15, -0.1) is 0 Å². The van der Waals surface area contributed by atoms with Gasteiger partial charge in [0.1, 0.15) is 22.9 Å². The number of carbonyl (C=O) groups is 1. The quantitative estimate of drug-likeness (QED) is 0.435. The van der Waals surface area contributed by atoms with Crippen LogP contribution in [0.25, 0.3) is 33.0 Å². The molecule has 3 aromatic heterocycles. The summed E-state index contributed by atoms with van der Waals surface area (Å²) in [6.07, 6.45) is 1.48. The van der Waals surface area contributed by atoms with Crippen LogP contribution in [0, 0.1) is 12.7 Å². The second-order valence-corrected chi connectivity index (χ2v) is 7.35. The van der Waals surface area contributed by atoms with Crippen LogP contribution in [0.2, 0.25) is 0 Å². The number of furan rings is 1. The molecule has 31 heavy (non-hydrogen) atoms. The van der Waals surface area contributed by atoms with Gasteiger partial charge in [-0.25, -0.2) is 9.18 Å². The van der Waals surface area contributed by atoms with E-state index in [0.717, 1.165) is 5.39 Å². The Morgan fingerprint density at radius 2 is 1.97 bits per heavy atom. The van der Waals surface area contributed by atoms with Crippen molar-refractivity contribution in [3.63, 3.8) is 0 Å². The van der Waals surface area contributed by atoms with Crippen LogP contribution in [-0.2, 0) is 6.54 Å². The number of aromatic amines is 1. The van der Waals surface area contributed by atoms with Gasteiger partial charge >= 0.3 is 5.97 Å². The van der Waals surface area contributed by atoms with E-state index in [1.807, 2.05) is 12.1 Å². The van der Waals surface area contributed by atoms with Gasteiger partial charge in [0.05, 0.1) is 23.0 Å². The fraction of sp³-hybridized carbons (Fsp3) is 0.0833. The molecule has 2 aromatic carbocycles.